The fourth-order valence-corrected chi connectivity index (χ4v) is 1.16. The molecular formula is C9H19ClO. The van der Waals surface area contributed by atoms with Crippen LogP contribution in [0.1, 0.15) is 33.1 Å². The molecule has 11 heavy (non-hydrogen) atoms. The average Bonchev–Trinajstić information content (AvgIpc) is 2.01. The summed E-state index contributed by atoms with van der Waals surface area (Å²) in [6.07, 6.45) is 3.36. The maximum absolute atomic E-state index is 5.97. The number of methoxy groups -OCH3 is 1. The Morgan fingerprint density at radius 2 is 2.00 bits per heavy atom. The molecule has 0 aromatic carbocycles. The fraction of sp³-hybridized carbons (Fsp3) is 1.00. The zero-order valence-electron chi connectivity index (χ0n) is 7.77. The average molecular weight is 179 g/mol. The van der Waals surface area contributed by atoms with Gasteiger partial charge in [0.2, 0.25) is 0 Å². The summed E-state index contributed by atoms with van der Waals surface area (Å²) in [5.41, 5.74) is 0. The molecule has 1 nitrogen and oxygen atoms in total. The third kappa shape index (κ3) is 6.64. The molecule has 68 valence electrons. The molecule has 0 bridgehead atoms. The van der Waals surface area contributed by atoms with Crippen molar-refractivity contribution >= 4 is 11.6 Å². The summed E-state index contributed by atoms with van der Waals surface area (Å²) < 4.78 is 5.03. The second kappa shape index (κ2) is 6.93. The van der Waals surface area contributed by atoms with Crippen LogP contribution in [0.2, 0.25) is 0 Å². The lowest BCUT2D eigenvalue weighted by Crippen LogP contribution is -2.06. The van der Waals surface area contributed by atoms with Gasteiger partial charge in [-0.25, -0.2) is 0 Å². The quantitative estimate of drug-likeness (QED) is 0.568. The standard InChI is InChI=1S/C9H19ClO/c1-4-9(10)6-5-8(2)7-11-3/h8-9H,4-7H2,1-3H3. The first-order valence-corrected chi connectivity index (χ1v) is 4.77. The van der Waals surface area contributed by atoms with Gasteiger partial charge in [0, 0.05) is 19.1 Å². The van der Waals surface area contributed by atoms with Crippen molar-refractivity contribution in [3.05, 3.63) is 0 Å². The van der Waals surface area contributed by atoms with E-state index in [4.69, 9.17) is 16.3 Å². The van der Waals surface area contributed by atoms with Gasteiger partial charge in [-0.2, -0.15) is 0 Å². The van der Waals surface area contributed by atoms with E-state index < -0.39 is 0 Å². The van der Waals surface area contributed by atoms with Crippen LogP contribution >= 0.6 is 11.6 Å². The van der Waals surface area contributed by atoms with Crippen molar-refractivity contribution in [2.75, 3.05) is 13.7 Å². The number of rotatable bonds is 6. The Morgan fingerprint density at radius 1 is 1.36 bits per heavy atom. The molecule has 0 aromatic heterocycles. The molecule has 0 saturated carbocycles. The Balaban J connectivity index is 3.22. The number of alkyl halides is 1. The van der Waals surface area contributed by atoms with Crippen LogP contribution in [0.3, 0.4) is 0 Å². The predicted octanol–water partition coefficient (Wildman–Crippen LogP) is 3.07. The Kier molecular flexibility index (Phi) is 7.09. The van der Waals surface area contributed by atoms with E-state index in [1.807, 2.05) is 0 Å². The molecule has 2 heteroatoms. The first-order valence-electron chi connectivity index (χ1n) is 4.33. The Labute approximate surface area is 75.1 Å². The minimum atomic E-state index is 0.356. The lowest BCUT2D eigenvalue weighted by Gasteiger charge is -2.11. The molecule has 0 N–H and O–H groups in total. The summed E-state index contributed by atoms with van der Waals surface area (Å²) in [4.78, 5) is 0. The van der Waals surface area contributed by atoms with E-state index in [9.17, 15) is 0 Å². The van der Waals surface area contributed by atoms with Crippen molar-refractivity contribution in [2.45, 2.75) is 38.5 Å². The molecule has 0 saturated heterocycles. The topological polar surface area (TPSA) is 9.23 Å². The largest absolute Gasteiger partial charge is 0.384 e. The molecule has 2 unspecified atom stereocenters. The molecule has 0 heterocycles. The van der Waals surface area contributed by atoms with Crippen LogP contribution in [0.4, 0.5) is 0 Å². The normalized spacial score (nSPS) is 16.4. The predicted molar refractivity (Wildman–Crippen MR) is 50.2 cm³/mol. The molecular weight excluding hydrogens is 160 g/mol. The Hall–Kier alpha value is 0.250. The minimum absolute atomic E-state index is 0.356. The number of halogens is 1. The van der Waals surface area contributed by atoms with Gasteiger partial charge in [0.1, 0.15) is 0 Å². The van der Waals surface area contributed by atoms with Gasteiger partial charge in [-0.1, -0.05) is 13.8 Å². The van der Waals surface area contributed by atoms with Gasteiger partial charge in [-0.05, 0) is 25.2 Å². The van der Waals surface area contributed by atoms with Gasteiger partial charge in [0.05, 0.1) is 0 Å². The Morgan fingerprint density at radius 3 is 2.45 bits per heavy atom. The maximum Gasteiger partial charge on any atom is 0.0487 e. The second-order valence-corrected chi connectivity index (χ2v) is 3.76. The van der Waals surface area contributed by atoms with Gasteiger partial charge in [-0.15, -0.1) is 11.6 Å². The van der Waals surface area contributed by atoms with E-state index in [0.717, 1.165) is 19.4 Å². The van der Waals surface area contributed by atoms with E-state index in [2.05, 4.69) is 13.8 Å². The molecule has 0 aliphatic rings. The number of hydrogen-bond donors (Lipinski definition) is 0. The van der Waals surface area contributed by atoms with Crippen LogP contribution in [0, 0.1) is 5.92 Å². The highest BCUT2D eigenvalue weighted by atomic mass is 35.5. The minimum Gasteiger partial charge on any atom is -0.384 e. The van der Waals surface area contributed by atoms with Crippen LogP contribution < -0.4 is 0 Å². The second-order valence-electron chi connectivity index (χ2n) is 3.14. The molecule has 0 spiro atoms. The monoisotopic (exact) mass is 178 g/mol. The van der Waals surface area contributed by atoms with Crippen LogP contribution in [-0.4, -0.2) is 19.1 Å². The Bertz CT molecular complexity index is 85.6. The lowest BCUT2D eigenvalue weighted by atomic mass is 10.0. The third-order valence-electron chi connectivity index (χ3n) is 1.87. The highest BCUT2D eigenvalue weighted by molar-refractivity contribution is 6.20. The van der Waals surface area contributed by atoms with Gasteiger partial charge < -0.3 is 4.74 Å². The summed E-state index contributed by atoms with van der Waals surface area (Å²) in [6, 6.07) is 0. The van der Waals surface area contributed by atoms with Crippen LogP contribution in [0.25, 0.3) is 0 Å². The smallest absolute Gasteiger partial charge is 0.0487 e. The van der Waals surface area contributed by atoms with Crippen molar-refractivity contribution in [3.8, 4) is 0 Å². The molecule has 0 amide bonds. The van der Waals surface area contributed by atoms with Crippen LogP contribution in [0.5, 0.6) is 0 Å². The van der Waals surface area contributed by atoms with Crippen molar-refractivity contribution < 1.29 is 4.74 Å². The van der Waals surface area contributed by atoms with E-state index >= 15 is 0 Å². The van der Waals surface area contributed by atoms with Crippen molar-refractivity contribution in [3.63, 3.8) is 0 Å². The van der Waals surface area contributed by atoms with Crippen molar-refractivity contribution in [1.82, 2.24) is 0 Å². The molecule has 0 aliphatic heterocycles. The van der Waals surface area contributed by atoms with E-state index in [-0.39, 0.29) is 0 Å². The zero-order chi connectivity index (χ0) is 8.69. The first kappa shape index (κ1) is 11.2. The van der Waals surface area contributed by atoms with Crippen molar-refractivity contribution in [2.24, 2.45) is 5.92 Å². The highest BCUT2D eigenvalue weighted by Gasteiger charge is 2.05. The van der Waals surface area contributed by atoms with Gasteiger partial charge in [-0.3, -0.25) is 0 Å². The molecule has 0 rings (SSSR count). The zero-order valence-corrected chi connectivity index (χ0v) is 8.53. The van der Waals surface area contributed by atoms with Gasteiger partial charge in [0.25, 0.3) is 0 Å². The summed E-state index contributed by atoms with van der Waals surface area (Å²) >= 11 is 5.97. The van der Waals surface area contributed by atoms with Gasteiger partial charge in [0.15, 0.2) is 0 Å². The van der Waals surface area contributed by atoms with Crippen LogP contribution in [-0.2, 0) is 4.74 Å². The molecule has 0 radical (unpaired) electrons. The summed E-state index contributed by atoms with van der Waals surface area (Å²) in [5.74, 6) is 0.646. The van der Waals surface area contributed by atoms with E-state index in [1.54, 1.807) is 7.11 Å². The summed E-state index contributed by atoms with van der Waals surface area (Å²) in [7, 11) is 1.74. The SMILES string of the molecule is CCC(Cl)CCC(C)COC. The molecule has 2 atom stereocenters. The first-order chi connectivity index (χ1) is 5.20. The highest BCUT2D eigenvalue weighted by Crippen LogP contribution is 2.14. The van der Waals surface area contributed by atoms with E-state index in [0.29, 0.717) is 11.3 Å². The van der Waals surface area contributed by atoms with Crippen LogP contribution in [0.15, 0.2) is 0 Å². The summed E-state index contributed by atoms with van der Waals surface area (Å²) in [6.45, 7) is 5.18. The molecule has 0 aliphatic carbocycles. The third-order valence-corrected chi connectivity index (χ3v) is 2.39. The molecule has 0 fully saturated rings. The number of ether oxygens (including phenoxy) is 1. The van der Waals surface area contributed by atoms with Gasteiger partial charge >= 0.3 is 0 Å². The number of hydrogen-bond acceptors (Lipinski definition) is 1. The fourth-order valence-electron chi connectivity index (χ4n) is 1.04. The van der Waals surface area contributed by atoms with Crippen molar-refractivity contribution in [1.29, 1.82) is 0 Å². The maximum atomic E-state index is 5.97. The lowest BCUT2D eigenvalue weighted by molar-refractivity contribution is 0.154. The summed E-state index contributed by atoms with van der Waals surface area (Å²) in [5, 5.41) is 0.356. The van der Waals surface area contributed by atoms with E-state index in [1.165, 1.54) is 6.42 Å². The molecule has 0 aromatic rings.